The number of hydrogen-bond donors (Lipinski definition) is 0. The van der Waals surface area contributed by atoms with Gasteiger partial charge in [0.15, 0.2) is 15.9 Å². The summed E-state index contributed by atoms with van der Waals surface area (Å²) in [5, 5.41) is 9.38. The van der Waals surface area contributed by atoms with E-state index in [-0.39, 0.29) is 36.5 Å². The monoisotopic (exact) mass is 633 g/mol. The van der Waals surface area contributed by atoms with Crippen LogP contribution in [0.1, 0.15) is 64.5 Å². The molecule has 2 rings (SSSR count). The Hall–Kier alpha value is -4.26. The molecule has 0 aliphatic heterocycles. The van der Waals surface area contributed by atoms with Crippen molar-refractivity contribution >= 4 is 33.3 Å². The van der Waals surface area contributed by atoms with E-state index in [0.29, 0.717) is 36.0 Å². The molecule has 0 radical (unpaired) electrons. The smallest absolute Gasteiger partial charge is 0.347 e. The number of rotatable bonds is 16. The Labute approximate surface area is 257 Å². The van der Waals surface area contributed by atoms with Gasteiger partial charge in [0, 0.05) is 12.7 Å². The fraction of sp³-hybridized carbons (Fsp3) is 0.452. The average Bonchev–Trinajstić information content (AvgIpc) is 2.93. The van der Waals surface area contributed by atoms with Crippen molar-refractivity contribution in [1.29, 1.82) is 0 Å². The summed E-state index contributed by atoms with van der Waals surface area (Å²) in [5.74, 6) is -2.11. The second kappa shape index (κ2) is 16.6. The molecule has 0 saturated heterocycles. The van der Waals surface area contributed by atoms with Crippen molar-refractivity contribution in [2.24, 2.45) is 0 Å². The molecule has 0 fully saturated rings. The molecule has 0 amide bonds. The normalized spacial score (nSPS) is 12.8. The lowest BCUT2D eigenvalue weighted by molar-refractivity contribution is -0.757. The summed E-state index contributed by atoms with van der Waals surface area (Å²) >= 11 is 0. The number of carbonyl (C=O) groups excluding carboxylic acids is 3. The van der Waals surface area contributed by atoms with Crippen molar-refractivity contribution in [3.63, 3.8) is 0 Å². The lowest BCUT2D eigenvalue weighted by Gasteiger charge is -2.23. The average molecular weight is 634 g/mol. The SMILES string of the molecule is C[C@H](OC(=O)/C(=C(\COC(=O)CCCCCO[N+](=O)[O-])Cc1ccc(S(C)(=O)=O)cc1)c1ccccc1)C(=O)OC(C)(C)C. The summed E-state index contributed by atoms with van der Waals surface area (Å²) in [5.41, 5.74) is 0.733. The van der Waals surface area contributed by atoms with Gasteiger partial charge in [0.05, 0.1) is 17.1 Å². The van der Waals surface area contributed by atoms with Gasteiger partial charge in [0.2, 0.25) is 0 Å². The minimum Gasteiger partial charge on any atom is -0.461 e. The lowest BCUT2D eigenvalue weighted by atomic mass is 9.95. The molecule has 0 aromatic heterocycles. The van der Waals surface area contributed by atoms with Crippen molar-refractivity contribution in [3.05, 3.63) is 81.4 Å². The molecule has 0 unspecified atom stereocenters. The third-order valence-corrected chi connectivity index (χ3v) is 7.17. The first-order valence-corrected chi connectivity index (χ1v) is 15.9. The van der Waals surface area contributed by atoms with Gasteiger partial charge in [-0.05, 0) is 75.8 Å². The van der Waals surface area contributed by atoms with Crippen LogP contribution >= 0.6 is 0 Å². The molecule has 0 aliphatic rings. The largest absolute Gasteiger partial charge is 0.461 e. The third-order valence-electron chi connectivity index (χ3n) is 6.04. The van der Waals surface area contributed by atoms with E-state index in [1.54, 1.807) is 63.2 Å². The number of carbonyl (C=O) groups is 3. The van der Waals surface area contributed by atoms with Gasteiger partial charge in [-0.2, -0.15) is 0 Å². The first-order chi connectivity index (χ1) is 20.6. The number of nitrogens with zero attached hydrogens (tertiary/aromatic N) is 1. The number of sulfone groups is 1. The molecule has 0 aliphatic carbocycles. The molecule has 0 saturated carbocycles. The summed E-state index contributed by atoms with van der Waals surface area (Å²) in [6.07, 6.45) is 1.29. The van der Waals surface area contributed by atoms with E-state index in [4.69, 9.17) is 14.2 Å². The third kappa shape index (κ3) is 12.9. The van der Waals surface area contributed by atoms with Gasteiger partial charge in [-0.25, -0.2) is 18.0 Å². The molecule has 2 aromatic carbocycles. The van der Waals surface area contributed by atoms with Crippen molar-refractivity contribution in [2.75, 3.05) is 19.5 Å². The Balaban J connectivity index is 2.38. The maximum absolute atomic E-state index is 13.6. The zero-order chi connectivity index (χ0) is 32.9. The van der Waals surface area contributed by atoms with Crippen molar-refractivity contribution in [1.82, 2.24) is 0 Å². The Kier molecular flexibility index (Phi) is 13.5. The highest BCUT2D eigenvalue weighted by Crippen LogP contribution is 2.26. The highest BCUT2D eigenvalue weighted by atomic mass is 32.2. The molecule has 12 nitrogen and oxygen atoms in total. The summed E-state index contributed by atoms with van der Waals surface area (Å²) < 4.78 is 40.3. The van der Waals surface area contributed by atoms with Crippen LogP contribution in [0.3, 0.4) is 0 Å². The molecule has 0 heterocycles. The molecule has 13 heteroatoms. The molecular weight excluding hydrogens is 594 g/mol. The van der Waals surface area contributed by atoms with Crippen LogP contribution in [0.15, 0.2) is 65.1 Å². The van der Waals surface area contributed by atoms with Crippen LogP contribution in [0.25, 0.3) is 5.57 Å². The Morgan fingerprint density at radius 2 is 1.59 bits per heavy atom. The number of ether oxygens (including phenoxy) is 3. The highest BCUT2D eigenvalue weighted by molar-refractivity contribution is 7.90. The molecular formula is C31H39NO11S. The zero-order valence-corrected chi connectivity index (χ0v) is 26.4. The van der Waals surface area contributed by atoms with Gasteiger partial charge < -0.3 is 19.0 Å². The van der Waals surface area contributed by atoms with E-state index in [2.05, 4.69) is 4.84 Å². The number of unbranched alkanes of at least 4 members (excludes halogenated alkanes) is 2. The van der Waals surface area contributed by atoms with Crippen molar-refractivity contribution in [3.8, 4) is 0 Å². The standard InChI is InChI=1S/C31H39NO11S/c1-22(29(34)43-31(2,3)4)42-30(35)28(24-12-8-6-9-13-24)25(20-23-15-17-26(18-16-23)44(5,38)39)21-40-27(33)14-10-7-11-19-41-32(36)37/h6,8-9,12-13,15-18,22H,7,10-11,14,19-21H2,1-5H3/b28-25-/t22-/m0/s1. The lowest BCUT2D eigenvalue weighted by Crippen LogP contribution is -2.33. The van der Waals surface area contributed by atoms with Gasteiger partial charge in [0.1, 0.15) is 12.2 Å². The minimum absolute atomic E-state index is 0.0373. The van der Waals surface area contributed by atoms with Crippen LogP contribution in [0.4, 0.5) is 0 Å². The summed E-state index contributed by atoms with van der Waals surface area (Å²) in [6, 6.07) is 14.6. The number of hydrogen-bond acceptors (Lipinski definition) is 11. The molecule has 0 bridgehead atoms. The Morgan fingerprint density at radius 3 is 2.16 bits per heavy atom. The molecule has 240 valence electrons. The van der Waals surface area contributed by atoms with Gasteiger partial charge >= 0.3 is 17.9 Å². The first kappa shape index (κ1) is 35.9. The summed E-state index contributed by atoms with van der Waals surface area (Å²) in [6.45, 7) is 6.10. The van der Waals surface area contributed by atoms with Crippen LogP contribution in [0.5, 0.6) is 0 Å². The van der Waals surface area contributed by atoms with Gasteiger partial charge in [-0.3, -0.25) is 4.79 Å². The minimum atomic E-state index is -3.44. The van der Waals surface area contributed by atoms with E-state index >= 15 is 0 Å². The van der Waals surface area contributed by atoms with Crippen LogP contribution in [0.2, 0.25) is 0 Å². The van der Waals surface area contributed by atoms with Gasteiger partial charge in [-0.15, -0.1) is 10.1 Å². The Morgan fingerprint density at radius 1 is 0.955 bits per heavy atom. The maximum Gasteiger partial charge on any atom is 0.347 e. The predicted molar refractivity (Wildman–Crippen MR) is 160 cm³/mol. The quantitative estimate of drug-likeness (QED) is 0.0629. The van der Waals surface area contributed by atoms with Crippen LogP contribution in [-0.2, 0) is 49.7 Å². The first-order valence-electron chi connectivity index (χ1n) is 14.0. The van der Waals surface area contributed by atoms with Crippen LogP contribution in [0, 0.1) is 10.1 Å². The number of benzene rings is 2. The van der Waals surface area contributed by atoms with E-state index in [0.717, 1.165) is 6.26 Å². The zero-order valence-electron chi connectivity index (χ0n) is 25.6. The molecule has 0 N–H and O–H groups in total. The van der Waals surface area contributed by atoms with Gasteiger partial charge in [0.25, 0.3) is 5.09 Å². The second-order valence-corrected chi connectivity index (χ2v) is 13.1. The van der Waals surface area contributed by atoms with Crippen molar-refractivity contribution < 1.29 is 46.9 Å². The molecule has 1 atom stereocenters. The second-order valence-electron chi connectivity index (χ2n) is 11.0. The topological polar surface area (TPSA) is 165 Å². The van der Waals surface area contributed by atoms with E-state index in [9.17, 15) is 32.9 Å². The maximum atomic E-state index is 13.6. The highest BCUT2D eigenvalue weighted by Gasteiger charge is 2.28. The molecule has 2 aromatic rings. The Bertz CT molecular complexity index is 1430. The number of esters is 3. The molecule has 0 spiro atoms. The molecule has 44 heavy (non-hydrogen) atoms. The fourth-order valence-corrected chi connectivity index (χ4v) is 4.59. The van der Waals surface area contributed by atoms with E-state index in [1.807, 2.05) is 0 Å². The fourth-order valence-electron chi connectivity index (χ4n) is 3.96. The summed E-state index contributed by atoms with van der Waals surface area (Å²) in [4.78, 5) is 53.4. The van der Waals surface area contributed by atoms with E-state index < -0.39 is 44.5 Å². The predicted octanol–water partition coefficient (Wildman–Crippen LogP) is 4.67. The van der Waals surface area contributed by atoms with Crippen LogP contribution < -0.4 is 0 Å². The van der Waals surface area contributed by atoms with Crippen LogP contribution in [-0.4, -0.2) is 62.6 Å². The van der Waals surface area contributed by atoms with Gasteiger partial charge in [-0.1, -0.05) is 48.9 Å². The van der Waals surface area contributed by atoms with Crippen molar-refractivity contribution in [2.45, 2.75) is 76.4 Å². The van der Waals surface area contributed by atoms with E-state index in [1.165, 1.54) is 19.1 Å². The summed E-state index contributed by atoms with van der Waals surface area (Å²) in [7, 11) is -3.44.